The van der Waals surface area contributed by atoms with E-state index in [1.165, 1.54) is 4.68 Å². The molecule has 1 saturated heterocycles. The topological polar surface area (TPSA) is 133 Å². The number of hydrogen-bond donors (Lipinski definition) is 1. The number of carbonyl (C=O) groups excluding carboxylic acids is 3. The molecule has 11 heteroatoms. The molecule has 0 unspecified atom stereocenters. The molecule has 2 N–H and O–H groups in total. The minimum atomic E-state index is -0.696. The first-order valence-electron chi connectivity index (χ1n) is 13.5. The van der Waals surface area contributed by atoms with Crippen LogP contribution in [0, 0.1) is 0 Å². The summed E-state index contributed by atoms with van der Waals surface area (Å²) in [5.41, 5.74) is 9.78. The first-order valence-corrected chi connectivity index (χ1v) is 13.5. The number of aromatic nitrogens is 3. The molecule has 42 heavy (non-hydrogen) atoms. The van der Waals surface area contributed by atoms with Crippen LogP contribution in [-0.2, 0) is 16.0 Å². The number of primary amides is 1. The number of benzene rings is 3. The van der Waals surface area contributed by atoms with E-state index in [1.54, 1.807) is 41.2 Å². The largest absolute Gasteiger partial charge is 0.497 e. The second-order valence-corrected chi connectivity index (χ2v) is 10.1. The van der Waals surface area contributed by atoms with Crippen molar-refractivity contribution in [3.05, 3.63) is 83.7 Å². The zero-order valence-electron chi connectivity index (χ0n) is 22.7. The van der Waals surface area contributed by atoms with Gasteiger partial charge in [-0.2, -0.15) is 5.10 Å². The highest BCUT2D eigenvalue weighted by molar-refractivity contribution is 6.16. The third-order valence-electron chi connectivity index (χ3n) is 7.78. The second-order valence-electron chi connectivity index (χ2n) is 10.1. The highest BCUT2D eigenvalue weighted by Gasteiger charge is 2.36. The summed E-state index contributed by atoms with van der Waals surface area (Å²) in [4.78, 5) is 47.8. The minimum absolute atomic E-state index is 0.00912. The molecule has 1 fully saturated rings. The normalized spacial score (nSPS) is 15.4. The summed E-state index contributed by atoms with van der Waals surface area (Å²) in [5.74, 6) is -0.521. The van der Waals surface area contributed by atoms with Gasteiger partial charge in [0, 0.05) is 29.4 Å². The van der Waals surface area contributed by atoms with Crippen molar-refractivity contribution >= 4 is 50.9 Å². The number of morpholine rings is 1. The van der Waals surface area contributed by atoms with E-state index in [-0.39, 0.29) is 29.8 Å². The van der Waals surface area contributed by atoms with Crippen LogP contribution in [0.15, 0.2) is 66.7 Å². The number of para-hydroxylation sites is 1. The lowest BCUT2D eigenvalue weighted by Crippen LogP contribution is -2.42. The maximum Gasteiger partial charge on any atom is 0.277 e. The molecule has 210 valence electrons. The maximum absolute atomic E-state index is 14.3. The number of pyridine rings is 1. The van der Waals surface area contributed by atoms with Crippen LogP contribution < -0.4 is 20.3 Å². The maximum atomic E-state index is 14.3. The Hall–Kier alpha value is -5.29. The molecule has 0 atom stereocenters. The number of carbonyl (C=O) groups is 3. The average molecular weight is 563 g/mol. The van der Waals surface area contributed by atoms with Gasteiger partial charge < -0.3 is 25.0 Å². The molecule has 3 amide bonds. The van der Waals surface area contributed by atoms with Crippen molar-refractivity contribution in [2.45, 2.75) is 6.42 Å². The van der Waals surface area contributed by atoms with Gasteiger partial charge in [-0.25, -0.2) is 9.67 Å². The van der Waals surface area contributed by atoms with Crippen molar-refractivity contribution < 1.29 is 23.9 Å². The molecule has 2 aliphatic rings. The van der Waals surface area contributed by atoms with Crippen LogP contribution in [0.3, 0.4) is 0 Å². The van der Waals surface area contributed by atoms with Gasteiger partial charge >= 0.3 is 0 Å². The molecule has 0 spiro atoms. The fourth-order valence-corrected chi connectivity index (χ4v) is 5.76. The van der Waals surface area contributed by atoms with E-state index in [1.807, 2.05) is 42.5 Å². The molecule has 11 nitrogen and oxygen atoms in total. The molecule has 0 aliphatic carbocycles. The molecule has 7 rings (SSSR count). The van der Waals surface area contributed by atoms with Gasteiger partial charge in [0.15, 0.2) is 5.69 Å². The number of methoxy groups -OCH3 is 1. The van der Waals surface area contributed by atoms with Crippen molar-refractivity contribution in [3.63, 3.8) is 0 Å². The van der Waals surface area contributed by atoms with Crippen molar-refractivity contribution in [2.75, 3.05) is 43.2 Å². The molecule has 0 saturated carbocycles. The summed E-state index contributed by atoms with van der Waals surface area (Å²) in [7, 11) is 1.57. The van der Waals surface area contributed by atoms with E-state index in [9.17, 15) is 14.4 Å². The minimum Gasteiger partial charge on any atom is -0.497 e. The van der Waals surface area contributed by atoms with E-state index in [4.69, 9.17) is 20.2 Å². The number of ether oxygens (including phenoxy) is 2. The molecule has 0 radical (unpaired) electrons. The van der Waals surface area contributed by atoms with Gasteiger partial charge in [-0.05, 0) is 55.0 Å². The Morgan fingerprint density at radius 2 is 1.76 bits per heavy atom. The molecule has 2 aliphatic heterocycles. The zero-order chi connectivity index (χ0) is 29.0. The van der Waals surface area contributed by atoms with Gasteiger partial charge in [0.05, 0.1) is 41.8 Å². The Morgan fingerprint density at radius 3 is 2.52 bits per heavy atom. The summed E-state index contributed by atoms with van der Waals surface area (Å²) in [6, 6.07) is 20.5. The van der Waals surface area contributed by atoms with Gasteiger partial charge in [-0.3, -0.25) is 14.4 Å². The number of anilines is 2. The van der Waals surface area contributed by atoms with E-state index >= 15 is 0 Å². The van der Waals surface area contributed by atoms with E-state index in [0.29, 0.717) is 60.0 Å². The lowest BCUT2D eigenvalue weighted by molar-refractivity contribution is -0.125. The zero-order valence-corrected chi connectivity index (χ0v) is 22.7. The van der Waals surface area contributed by atoms with Gasteiger partial charge in [-0.15, -0.1) is 0 Å². The number of fused-ring (bicyclic) bond motifs is 3. The highest BCUT2D eigenvalue weighted by atomic mass is 16.5. The third-order valence-corrected chi connectivity index (χ3v) is 7.78. The van der Waals surface area contributed by atoms with E-state index in [0.717, 1.165) is 16.3 Å². The van der Waals surface area contributed by atoms with Crippen LogP contribution in [0.1, 0.15) is 26.5 Å². The summed E-state index contributed by atoms with van der Waals surface area (Å²) < 4.78 is 12.1. The van der Waals surface area contributed by atoms with Crippen molar-refractivity contribution in [1.82, 2.24) is 14.8 Å². The third kappa shape index (κ3) is 4.05. The van der Waals surface area contributed by atoms with Crippen LogP contribution in [0.2, 0.25) is 0 Å². The lowest BCUT2D eigenvalue weighted by Gasteiger charge is -2.31. The molecule has 0 bridgehead atoms. The predicted molar refractivity (Wildman–Crippen MR) is 156 cm³/mol. The predicted octanol–water partition coefficient (Wildman–Crippen LogP) is 3.25. The molecule has 5 aromatic rings. The quantitative estimate of drug-likeness (QED) is 0.325. The van der Waals surface area contributed by atoms with Gasteiger partial charge in [-0.1, -0.05) is 18.2 Å². The van der Waals surface area contributed by atoms with Crippen molar-refractivity contribution in [2.24, 2.45) is 5.73 Å². The molecule has 2 aromatic heterocycles. The van der Waals surface area contributed by atoms with Gasteiger partial charge in [0.25, 0.3) is 17.7 Å². The Labute approximate surface area is 240 Å². The summed E-state index contributed by atoms with van der Waals surface area (Å²) in [6.45, 7) is 1.15. The highest BCUT2D eigenvalue weighted by Crippen LogP contribution is 2.38. The molecular formula is C31H26N6O5. The summed E-state index contributed by atoms with van der Waals surface area (Å²) in [6.07, 6.45) is 0.369. The van der Waals surface area contributed by atoms with Crippen LogP contribution in [0.4, 0.5) is 11.4 Å². The Bertz CT molecular complexity index is 1920. The molecule has 3 aromatic carbocycles. The SMILES string of the molecule is COc1ccc(-n2nc(C(N)=O)c3c2C(=O)N(c2ccc(N4CCOCC4=O)c4cc5ccccc5nc24)CC3)cc1. The Morgan fingerprint density at radius 1 is 0.976 bits per heavy atom. The fraction of sp³-hybridized carbons (Fsp3) is 0.194. The average Bonchev–Trinajstić information content (AvgIpc) is 3.41. The van der Waals surface area contributed by atoms with Gasteiger partial charge in [0.2, 0.25) is 0 Å². The summed E-state index contributed by atoms with van der Waals surface area (Å²) in [5, 5.41) is 6.13. The van der Waals surface area contributed by atoms with Crippen LogP contribution in [0.25, 0.3) is 27.5 Å². The number of nitrogens with zero attached hydrogens (tertiary/aromatic N) is 5. The van der Waals surface area contributed by atoms with Crippen LogP contribution in [0.5, 0.6) is 5.75 Å². The first kappa shape index (κ1) is 25.7. The van der Waals surface area contributed by atoms with Crippen molar-refractivity contribution in [1.29, 1.82) is 0 Å². The summed E-state index contributed by atoms with van der Waals surface area (Å²) >= 11 is 0. The van der Waals surface area contributed by atoms with Crippen LogP contribution in [-0.4, -0.2) is 65.9 Å². The molecular weight excluding hydrogens is 536 g/mol. The standard InChI is InChI=1S/C31H26N6O5/c1-41-20-8-6-19(7-9-20)37-29-21(28(34-37)30(32)39)12-13-36(31(29)40)25-11-10-24(35-14-15-42-17-26(35)38)22-16-18-4-2-3-5-23(18)33-27(22)25/h2-11,16H,12-15,17H2,1H3,(H2,32,39). The van der Waals surface area contributed by atoms with Crippen LogP contribution >= 0.6 is 0 Å². The number of hydrogen-bond acceptors (Lipinski definition) is 7. The fourth-order valence-electron chi connectivity index (χ4n) is 5.76. The van der Waals surface area contributed by atoms with E-state index in [2.05, 4.69) is 5.10 Å². The lowest BCUT2D eigenvalue weighted by atomic mass is 10.0. The monoisotopic (exact) mass is 562 g/mol. The molecule has 4 heterocycles. The Balaban J connectivity index is 1.40. The van der Waals surface area contributed by atoms with Gasteiger partial charge in [0.1, 0.15) is 18.1 Å². The number of amides is 3. The number of rotatable bonds is 5. The second kappa shape index (κ2) is 9.96. The first-order chi connectivity index (χ1) is 20.4. The Kier molecular flexibility index (Phi) is 6.09. The smallest absolute Gasteiger partial charge is 0.277 e. The van der Waals surface area contributed by atoms with Crippen molar-refractivity contribution in [3.8, 4) is 11.4 Å². The number of nitrogens with two attached hydrogens (primary N) is 1. The van der Waals surface area contributed by atoms with E-state index < -0.39 is 5.91 Å².